The highest BCUT2D eigenvalue weighted by Gasteiger charge is 2.22. The maximum atomic E-state index is 13.7. The Morgan fingerprint density at radius 2 is 1.80 bits per heavy atom. The summed E-state index contributed by atoms with van der Waals surface area (Å²) in [6.07, 6.45) is 1.61. The largest absolute Gasteiger partial charge is 0.466 e. The van der Waals surface area contributed by atoms with Gasteiger partial charge in [-0.2, -0.15) is 0 Å². The van der Waals surface area contributed by atoms with Crippen molar-refractivity contribution in [3.05, 3.63) is 83.8 Å². The van der Waals surface area contributed by atoms with Crippen LogP contribution in [0.4, 0.5) is 11.5 Å². The van der Waals surface area contributed by atoms with E-state index in [4.69, 9.17) is 25.9 Å². The van der Waals surface area contributed by atoms with E-state index in [0.717, 1.165) is 23.4 Å². The molecule has 1 amide bonds. The molecular weight excluding hydrogens is 588 g/mol. The number of amides is 1. The van der Waals surface area contributed by atoms with Crippen molar-refractivity contribution in [2.24, 2.45) is 23.5 Å². The van der Waals surface area contributed by atoms with Crippen LogP contribution in [0.2, 0.25) is 0 Å². The molecule has 5 N–H and O–H groups in total. The van der Waals surface area contributed by atoms with Gasteiger partial charge >= 0.3 is 11.9 Å². The predicted octanol–water partition coefficient (Wildman–Crippen LogP) is 3.51. The van der Waals surface area contributed by atoms with E-state index in [1.165, 1.54) is 11.8 Å². The molecule has 0 aliphatic rings. The van der Waals surface area contributed by atoms with Crippen molar-refractivity contribution in [3.8, 4) is 0 Å². The molecule has 2 aromatic carbocycles. The topological polar surface area (TPSA) is 180 Å². The minimum Gasteiger partial charge on any atom is -0.466 e. The first-order valence-corrected chi connectivity index (χ1v) is 15.0. The fourth-order valence-electron chi connectivity index (χ4n) is 4.53. The summed E-state index contributed by atoms with van der Waals surface area (Å²) in [5.74, 6) is 0.221. The Morgan fingerprint density at radius 3 is 2.48 bits per heavy atom. The molecule has 242 valence electrons. The Balaban J connectivity index is 1.44. The lowest BCUT2D eigenvalue weighted by Crippen LogP contribution is -2.34. The lowest BCUT2D eigenvalue weighted by Gasteiger charge is -2.21. The number of carbonyl (C=O) groups excluding carboxylic acids is 3. The SMILES string of the molecule is CCCOC(=O)CCN(C(=O)c1ccc2c(c1)nc(CNc1ccc(/C(N)=N/C(C)OC(=O)C(C)N)cc1)n2C)c1ccccn1. The number of rotatable bonds is 14. The summed E-state index contributed by atoms with van der Waals surface area (Å²) in [4.78, 5) is 52.3. The zero-order chi connectivity index (χ0) is 33.2. The fraction of sp³-hybridized carbons (Fsp3) is 0.333. The smallest absolute Gasteiger partial charge is 0.324 e. The lowest BCUT2D eigenvalue weighted by atomic mass is 10.1. The number of nitrogens with zero attached hydrogens (tertiary/aromatic N) is 5. The summed E-state index contributed by atoms with van der Waals surface area (Å²) in [7, 11) is 1.91. The standard InChI is InChI=1S/C33H40N8O5/c1-5-18-45-30(42)15-17-41(28-8-6-7-16-36-28)32(43)24-11-14-27-26(19-24)39-29(40(27)4)20-37-25-12-9-23(10-13-25)31(35)38-22(3)46-33(44)21(2)34/h6-14,16,19,21-22,37H,5,15,17-18,20,34H2,1-4H3,(H2,35,38). The molecule has 2 atom stereocenters. The van der Waals surface area contributed by atoms with Gasteiger partial charge in [-0.3, -0.25) is 19.3 Å². The van der Waals surface area contributed by atoms with Crippen molar-refractivity contribution in [2.45, 2.75) is 52.4 Å². The Labute approximate surface area is 267 Å². The van der Waals surface area contributed by atoms with E-state index in [0.29, 0.717) is 35.6 Å². The number of hydrogen-bond acceptors (Lipinski definition) is 10. The minimum absolute atomic E-state index is 0.0486. The summed E-state index contributed by atoms with van der Waals surface area (Å²) in [6, 6.07) is 17.2. The van der Waals surface area contributed by atoms with E-state index in [1.54, 1.807) is 43.5 Å². The number of benzene rings is 2. The number of anilines is 2. The van der Waals surface area contributed by atoms with Crippen LogP contribution in [-0.4, -0.2) is 63.6 Å². The van der Waals surface area contributed by atoms with Gasteiger partial charge in [-0.05, 0) is 74.9 Å². The summed E-state index contributed by atoms with van der Waals surface area (Å²) in [6.45, 7) is 5.96. The van der Waals surface area contributed by atoms with E-state index in [-0.39, 0.29) is 30.7 Å². The van der Waals surface area contributed by atoms with Crippen molar-refractivity contribution in [2.75, 3.05) is 23.4 Å². The van der Waals surface area contributed by atoms with E-state index in [1.807, 2.05) is 48.9 Å². The van der Waals surface area contributed by atoms with Crippen LogP contribution in [0.25, 0.3) is 11.0 Å². The number of esters is 2. The van der Waals surface area contributed by atoms with Crippen LogP contribution in [0.15, 0.2) is 71.9 Å². The molecular formula is C33H40N8O5. The van der Waals surface area contributed by atoms with E-state index < -0.39 is 18.2 Å². The number of amidine groups is 1. The number of ether oxygens (including phenoxy) is 2. The van der Waals surface area contributed by atoms with Gasteiger partial charge in [0.05, 0.1) is 30.6 Å². The quantitative estimate of drug-likeness (QED) is 0.106. The van der Waals surface area contributed by atoms with Gasteiger partial charge in [-0.15, -0.1) is 0 Å². The number of aryl methyl sites for hydroxylation is 1. The van der Waals surface area contributed by atoms with Gasteiger partial charge in [-0.25, -0.2) is 15.0 Å². The van der Waals surface area contributed by atoms with Crippen LogP contribution >= 0.6 is 0 Å². The molecule has 0 radical (unpaired) electrons. The number of imidazole rings is 1. The van der Waals surface area contributed by atoms with Crippen molar-refractivity contribution < 1.29 is 23.9 Å². The molecule has 0 aliphatic heterocycles. The molecule has 0 saturated carbocycles. The van der Waals surface area contributed by atoms with Gasteiger partial charge in [0, 0.05) is 36.6 Å². The monoisotopic (exact) mass is 628 g/mol. The van der Waals surface area contributed by atoms with E-state index in [2.05, 4.69) is 15.3 Å². The molecule has 2 aromatic heterocycles. The van der Waals surface area contributed by atoms with Crippen molar-refractivity contribution in [1.29, 1.82) is 0 Å². The first kappa shape index (κ1) is 33.6. The summed E-state index contributed by atoms with van der Waals surface area (Å²) in [5, 5.41) is 3.35. The van der Waals surface area contributed by atoms with Crippen LogP contribution < -0.4 is 21.7 Å². The van der Waals surface area contributed by atoms with Crippen molar-refractivity contribution in [3.63, 3.8) is 0 Å². The Hall–Kier alpha value is -5.30. The van der Waals surface area contributed by atoms with E-state index in [9.17, 15) is 14.4 Å². The Kier molecular flexibility index (Phi) is 11.4. The molecule has 0 saturated heterocycles. The zero-order valence-corrected chi connectivity index (χ0v) is 26.5. The molecule has 4 rings (SSSR count). The van der Waals surface area contributed by atoms with Crippen molar-refractivity contribution >= 4 is 46.2 Å². The molecule has 2 unspecified atom stereocenters. The zero-order valence-electron chi connectivity index (χ0n) is 26.5. The lowest BCUT2D eigenvalue weighted by molar-refractivity contribution is -0.149. The number of nitrogens with two attached hydrogens (primary N) is 2. The van der Waals surface area contributed by atoms with E-state index >= 15 is 0 Å². The number of aliphatic imine (C=N–C) groups is 1. The number of hydrogen-bond donors (Lipinski definition) is 3. The average Bonchev–Trinajstić information content (AvgIpc) is 3.37. The summed E-state index contributed by atoms with van der Waals surface area (Å²) >= 11 is 0. The minimum atomic E-state index is -0.767. The third kappa shape index (κ3) is 8.66. The number of aromatic nitrogens is 3. The predicted molar refractivity (Wildman–Crippen MR) is 176 cm³/mol. The average molecular weight is 629 g/mol. The second kappa shape index (κ2) is 15.6. The van der Waals surface area contributed by atoms with Crippen LogP contribution in [0.1, 0.15) is 55.4 Å². The highest BCUT2D eigenvalue weighted by molar-refractivity contribution is 6.07. The number of nitrogens with one attached hydrogen (secondary N) is 1. The molecule has 4 aromatic rings. The number of pyridine rings is 1. The van der Waals surface area contributed by atoms with Crippen LogP contribution in [0.3, 0.4) is 0 Å². The maximum absolute atomic E-state index is 13.7. The molecule has 0 aliphatic carbocycles. The first-order valence-electron chi connectivity index (χ1n) is 15.0. The molecule has 0 bridgehead atoms. The molecule has 13 nitrogen and oxygen atoms in total. The molecule has 0 fully saturated rings. The molecule has 2 heterocycles. The second-order valence-corrected chi connectivity index (χ2v) is 10.7. The van der Waals surface area contributed by atoms with Crippen molar-refractivity contribution in [1.82, 2.24) is 14.5 Å². The first-order chi connectivity index (χ1) is 22.1. The number of fused-ring (bicyclic) bond motifs is 1. The normalized spacial score (nSPS) is 12.8. The highest BCUT2D eigenvalue weighted by atomic mass is 16.6. The molecule has 46 heavy (non-hydrogen) atoms. The van der Waals surface area contributed by atoms with Gasteiger partial charge in [0.1, 0.15) is 23.5 Å². The third-order valence-electron chi connectivity index (χ3n) is 7.01. The van der Waals surface area contributed by atoms with Crippen LogP contribution in [0, 0.1) is 0 Å². The second-order valence-electron chi connectivity index (χ2n) is 10.7. The fourth-order valence-corrected chi connectivity index (χ4v) is 4.53. The third-order valence-corrected chi connectivity index (χ3v) is 7.01. The van der Waals surface area contributed by atoms with Gasteiger partial charge in [0.25, 0.3) is 5.91 Å². The number of carbonyl (C=O) groups is 3. The van der Waals surface area contributed by atoms with Crippen LogP contribution in [0.5, 0.6) is 0 Å². The van der Waals surface area contributed by atoms with Gasteiger partial charge in [0.15, 0.2) is 6.23 Å². The van der Waals surface area contributed by atoms with Gasteiger partial charge in [0.2, 0.25) is 0 Å². The highest BCUT2D eigenvalue weighted by Crippen LogP contribution is 2.21. The maximum Gasteiger partial charge on any atom is 0.324 e. The van der Waals surface area contributed by atoms with Gasteiger partial charge in [-0.1, -0.05) is 13.0 Å². The Bertz CT molecular complexity index is 1690. The summed E-state index contributed by atoms with van der Waals surface area (Å²) < 4.78 is 12.3. The molecule has 0 spiro atoms. The van der Waals surface area contributed by atoms with Crippen LogP contribution in [-0.2, 0) is 32.7 Å². The summed E-state index contributed by atoms with van der Waals surface area (Å²) in [5.41, 5.74) is 15.1. The van der Waals surface area contributed by atoms with Gasteiger partial charge < -0.3 is 30.8 Å². The Morgan fingerprint density at radius 1 is 1.07 bits per heavy atom. The molecule has 13 heteroatoms.